The predicted octanol–water partition coefficient (Wildman–Crippen LogP) is 2.31. The quantitative estimate of drug-likeness (QED) is 0.784. The van der Waals surface area contributed by atoms with Crippen LogP contribution in [0.15, 0.2) is 15.3 Å². The number of aromatic hydroxyl groups is 2. The van der Waals surface area contributed by atoms with Gasteiger partial charge in [0.2, 0.25) is 0 Å². The van der Waals surface area contributed by atoms with Gasteiger partial charge in [0.1, 0.15) is 22.6 Å². The molecule has 2 rings (SSSR count). The van der Waals surface area contributed by atoms with Crippen molar-refractivity contribution in [3.63, 3.8) is 0 Å². The molecule has 1 heterocycles. The molecule has 1 aromatic carbocycles. The number of aliphatic hydroxyl groups excluding tert-OH is 1. The normalized spacial score (nSPS) is 14.4. The highest BCUT2D eigenvalue weighted by Gasteiger charge is 2.22. The fourth-order valence-electron chi connectivity index (χ4n) is 2.27. The van der Waals surface area contributed by atoms with Gasteiger partial charge in [-0.3, -0.25) is 0 Å². The van der Waals surface area contributed by atoms with Gasteiger partial charge in [0, 0.05) is 16.9 Å². The number of aryl methyl sites for hydroxylation is 1. The summed E-state index contributed by atoms with van der Waals surface area (Å²) in [5.41, 5.74) is 0.188. The molecule has 0 saturated heterocycles. The van der Waals surface area contributed by atoms with Crippen LogP contribution in [0.2, 0.25) is 0 Å². The first-order valence-electron chi connectivity index (χ1n) is 6.42. The zero-order valence-electron chi connectivity index (χ0n) is 11.9. The van der Waals surface area contributed by atoms with Crippen molar-refractivity contribution in [2.45, 2.75) is 39.7 Å². The van der Waals surface area contributed by atoms with Gasteiger partial charge in [0.15, 0.2) is 0 Å². The summed E-state index contributed by atoms with van der Waals surface area (Å²) in [6.45, 7) is 6.60. The second-order valence-electron chi connectivity index (χ2n) is 5.20. The van der Waals surface area contributed by atoms with Crippen molar-refractivity contribution in [3.05, 3.63) is 33.4 Å². The lowest BCUT2D eigenvalue weighted by Crippen LogP contribution is -2.15. The molecule has 2 atom stereocenters. The molecule has 5 nitrogen and oxygen atoms in total. The third-order valence-corrected chi connectivity index (χ3v) is 3.84. The maximum Gasteiger partial charge on any atom is 0.347 e. The lowest BCUT2D eigenvalue weighted by atomic mass is 9.95. The summed E-state index contributed by atoms with van der Waals surface area (Å²) in [6.07, 6.45) is -0.679. The molecule has 5 heteroatoms. The van der Waals surface area contributed by atoms with Crippen LogP contribution in [0.5, 0.6) is 11.5 Å². The van der Waals surface area contributed by atoms with E-state index >= 15 is 0 Å². The van der Waals surface area contributed by atoms with Crippen molar-refractivity contribution < 1.29 is 19.7 Å². The fraction of sp³-hybridized carbons (Fsp3) is 0.400. The predicted molar refractivity (Wildman–Crippen MR) is 75.4 cm³/mol. The molecule has 108 valence electrons. The van der Waals surface area contributed by atoms with Gasteiger partial charge < -0.3 is 19.7 Å². The molecule has 0 aliphatic heterocycles. The monoisotopic (exact) mass is 278 g/mol. The first kappa shape index (κ1) is 14.4. The Morgan fingerprint density at radius 2 is 1.75 bits per heavy atom. The first-order valence-corrected chi connectivity index (χ1v) is 6.42. The Labute approximate surface area is 116 Å². The number of aliphatic hydroxyl groups is 1. The molecule has 2 aromatic rings. The molecular formula is C15H18O5. The second kappa shape index (κ2) is 4.83. The van der Waals surface area contributed by atoms with Crippen LogP contribution >= 0.6 is 0 Å². The SMILES string of the molecule is Cc1c(O)cc2c(C)c([C@H](C)[C@@H](C)O)oc(=O)c2c1O. The number of phenols is 2. The van der Waals surface area contributed by atoms with Crippen LogP contribution in [-0.4, -0.2) is 21.4 Å². The molecule has 0 radical (unpaired) electrons. The highest BCUT2D eigenvalue weighted by Crippen LogP contribution is 2.36. The number of phenolic OH excluding ortho intramolecular Hbond substituents is 2. The van der Waals surface area contributed by atoms with Crippen LogP contribution in [0.4, 0.5) is 0 Å². The highest BCUT2D eigenvalue weighted by atomic mass is 16.4. The van der Waals surface area contributed by atoms with Crippen molar-refractivity contribution in [2.24, 2.45) is 0 Å². The van der Waals surface area contributed by atoms with Crippen LogP contribution in [0.3, 0.4) is 0 Å². The van der Waals surface area contributed by atoms with Gasteiger partial charge in [0.25, 0.3) is 0 Å². The van der Waals surface area contributed by atoms with Crippen LogP contribution in [0.1, 0.15) is 36.7 Å². The molecule has 0 amide bonds. The average Bonchev–Trinajstić information content (AvgIpc) is 2.38. The summed E-state index contributed by atoms with van der Waals surface area (Å²) < 4.78 is 5.26. The minimum absolute atomic E-state index is 0.0549. The maximum atomic E-state index is 12.1. The van der Waals surface area contributed by atoms with E-state index in [1.54, 1.807) is 20.8 Å². The van der Waals surface area contributed by atoms with E-state index in [-0.39, 0.29) is 28.4 Å². The van der Waals surface area contributed by atoms with Crippen molar-refractivity contribution in [2.75, 3.05) is 0 Å². The van der Waals surface area contributed by atoms with Gasteiger partial charge >= 0.3 is 5.63 Å². The summed E-state index contributed by atoms with van der Waals surface area (Å²) in [6, 6.07) is 1.44. The molecule has 0 aliphatic rings. The molecular weight excluding hydrogens is 260 g/mol. The molecule has 0 unspecified atom stereocenters. The topological polar surface area (TPSA) is 90.9 Å². The van der Waals surface area contributed by atoms with Gasteiger partial charge in [-0.25, -0.2) is 4.79 Å². The lowest BCUT2D eigenvalue weighted by molar-refractivity contribution is 0.156. The average molecular weight is 278 g/mol. The molecule has 20 heavy (non-hydrogen) atoms. The third-order valence-electron chi connectivity index (χ3n) is 3.84. The fourth-order valence-corrected chi connectivity index (χ4v) is 2.27. The minimum atomic E-state index is -0.679. The van der Waals surface area contributed by atoms with E-state index in [2.05, 4.69) is 0 Å². The summed E-state index contributed by atoms with van der Waals surface area (Å²) in [7, 11) is 0. The molecule has 0 fully saturated rings. The molecule has 0 bridgehead atoms. The number of fused-ring (bicyclic) bond motifs is 1. The first-order chi connectivity index (χ1) is 9.25. The largest absolute Gasteiger partial charge is 0.508 e. The van der Waals surface area contributed by atoms with Gasteiger partial charge in [-0.2, -0.15) is 0 Å². The zero-order valence-corrected chi connectivity index (χ0v) is 11.9. The van der Waals surface area contributed by atoms with Crippen LogP contribution in [0, 0.1) is 13.8 Å². The van der Waals surface area contributed by atoms with Crippen molar-refractivity contribution in [1.82, 2.24) is 0 Å². The van der Waals surface area contributed by atoms with Crippen LogP contribution in [-0.2, 0) is 0 Å². The van der Waals surface area contributed by atoms with E-state index in [9.17, 15) is 20.1 Å². The van der Waals surface area contributed by atoms with E-state index < -0.39 is 11.7 Å². The highest BCUT2D eigenvalue weighted by molar-refractivity contribution is 5.92. The summed E-state index contributed by atoms with van der Waals surface area (Å²) in [4.78, 5) is 12.1. The number of hydrogen-bond donors (Lipinski definition) is 3. The Hall–Kier alpha value is -2.01. The zero-order chi connectivity index (χ0) is 15.2. The Morgan fingerprint density at radius 3 is 2.30 bits per heavy atom. The number of benzene rings is 1. The minimum Gasteiger partial charge on any atom is -0.508 e. The molecule has 0 saturated carbocycles. The number of hydrogen-bond acceptors (Lipinski definition) is 5. The molecule has 0 aliphatic carbocycles. The van der Waals surface area contributed by atoms with E-state index in [0.717, 1.165) is 0 Å². The van der Waals surface area contributed by atoms with Gasteiger partial charge in [-0.1, -0.05) is 6.92 Å². The van der Waals surface area contributed by atoms with Crippen molar-refractivity contribution in [3.8, 4) is 11.5 Å². The van der Waals surface area contributed by atoms with Crippen molar-refractivity contribution >= 4 is 10.8 Å². The Morgan fingerprint density at radius 1 is 1.15 bits per heavy atom. The molecule has 0 spiro atoms. The smallest absolute Gasteiger partial charge is 0.347 e. The van der Waals surface area contributed by atoms with Crippen molar-refractivity contribution in [1.29, 1.82) is 0 Å². The second-order valence-corrected chi connectivity index (χ2v) is 5.20. The Balaban J connectivity index is 2.91. The standard InChI is InChI=1S/C15H18O5/c1-6(9(4)16)14-7(2)10-5-11(17)8(3)13(18)12(10)15(19)20-14/h5-6,9,16-18H,1-4H3/t6-,9-/m1/s1. The van der Waals surface area contributed by atoms with Gasteiger partial charge in [-0.05, 0) is 32.4 Å². The van der Waals surface area contributed by atoms with E-state index in [4.69, 9.17) is 4.42 Å². The summed E-state index contributed by atoms with van der Waals surface area (Å²) in [5.74, 6) is -0.356. The van der Waals surface area contributed by atoms with Gasteiger partial charge in [0.05, 0.1) is 6.10 Å². The van der Waals surface area contributed by atoms with Crippen LogP contribution in [0.25, 0.3) is 10.8 Å². The number of rotatable bonds is 2. The molecule has 3 N–H and O–H groups in total. The van der Waals surface area contributed by atoms with E-state index in [1.165, 1.54) is 13.0 Å². The van der Waals surface area contributed by atoms with E-state index in [0.29, 0.717) is 16.7 Å². The Kier molecular flexibility index (Phi) is 3.48. The lowest BCUT2D eigenvalue weighted by Gasteiger charge is -2.17. The molecule has 1 aromatic heterocycles. The van der Waals surface area contributed by atoms with E-state index in [1.807, 2.05) is 0 Å². The summed E-state index contributed by atoms with van der Waals surface area (Å²) >= 11 is 0. The van der Waals surface area contributed by atoms with Gasteiger partial charge in [-0.15, -0.1) is 0 Å². The summed E-state index contributed by atoms with van der Waals surface area (Å²) in [5, 5.41) is 30.0. The Bertz CT molecular complexity index is 727. The maximum absolute atomic E-state index is 12.1. The van der Waals surface area contributed by atoms with Crippen LogP contribution < -0.4 is 5.63 Å². The third kappa shape index (κ3) is 2.04.